The first-order valence-electron chi connectivity index (χ1n) is 8.68. The zero-order valence-corrected chi connectivity index (χ0v) is 15.9. The summed E-state index contributed by atoms with van der Waals surface area (Å²) < 4.78 is 0. The Kier molecular flexibility index (Phi) is 7.92. The van der Waals surface area contributed by atoms with Gasteiger partial charge >= 0.3 is 0 Å². The van der Waals surface area contributed by atoms with E-state index in [2.05, 4.69) is 27.4 Å². The van der Waals surface area contributed by atoms with Gasteiger partial charge in [-0.1, -0.05) is 32.0 Å². The second kappa shape index (κ2) is 10.4. The molecule has 0 fully saturated rings. The molecule has 0 aliphatic carbocycles. The van der Waals surface area contributed by atoms with Crippen LogP contribution in [0.5, 0.6) is 0 Å². The van der Waals surface area contributed by atoms with E-state index in [4.69, 9.17) is 5.73 Å². The average molecular weight is 369 g/mol. The fourth-order valence-electron chi connectivity index (χ4n) is 2.36. The van der Waals surface area contributed by atoms with E-state index in [1.165, 1.54) is 22.5 Å². The molecule has 2 aromatic heterocycles. The number of hydrogen-bond donors (Lipinski definition) is 2. The van der Waals surface area contributed by atoms with Gasteiger partial charge in [-0.2, -0.15) is 0 Å². The number of aryl methyl sites for hydroxylation is 2. The largest absolute Gasteiger partial charge is 0.322 e. The second-order valence-electron chi connectivity index (χ2n) is 5.35. The Morgan fingerprint density at radius 1 is 1.12 bits per heavy atom. The van der Waals surface area contributed by atoms with Crippen LogP contribution in [-0.4, -0.2) is 22.4 Å². The molecule has 0 atom stereocenters. The average Bonchev–Trinajstić information content (AvgIpc) is 3.17. The molecule has 0 unspecified atom stereocenters. The summed E-state index contributed by atoms with van der Waals surface area (Å²) >= 11 is 1.40. The van der Waals surface area contributed by atoms with Gasteiger partial charge in [0, 0.05) is 23.3 Å². The van der Waals surface area contributed by atoms with E-state index in [1.807, 2.05) is 55.9 Å². The normalized spacial score (nSPS) is 9.96. The number of rotatable bonds is 6. The van der Waals surface area contributed by atoms with Gasteiger partial charge in [0.05, 0.1) is 12.2 Å². The summed E-state index contributed by atoms with van der Waals surface area (Å²) in [7, 11) is 0. The van der Waals surface area contributed by atoms with E-state index in [0.717, 1.165) is 24.1 Å². The number of aromatic nitrogens is 2. The van der Waals surface area contributed by atoms with Gasteiger partial charge in [-0.25, -0.2) is 4.98 Å². The third-order valence-corrected chi connectivity index (χ3v) is 4.37. The molecule has 0 saturated heterocycles. The zero-order chi connectivity index (χ0) is 18.8. The number of anilines is 1. The molecule has 3 N–H and O–H groups in total. The van der Waals surface area contributed by atoms with Crippen LogP contribution in [0.1, 0.15) is 25.0 Å². The van der Waals surface area contributed by atoms with E-state index in [9.17, 15) is 4.79 Å². The Morgan fingerprint density at radius 3 is 2.58 bits per heavy atom. The van der Waals surface area contributed by atoms with Crippen LogP contribution < -0.4 is 11.1 Å². The molecule has 136 valence electrons. The SMILES string of the molecule is CC.NCC(=O)Nc1nc(-c2cccc(CCc3ccncc3)c2)cs1. The number of nitrogens with two attached hydrogens (primary N) is 1. The Bertz CT molecular complexity index is 817. The molecule has 0 radical (unpaired) electrons. The van der Waals surface area contributed by atoms with Crippen LogP contribution >= 0.6 is 11.3 Å². The first-order valence-corrected chi connectivity index (χ1v) is 9.56. The lowest BCUT2D eigenvalue weighted by Crippen LogP contribution is -2.21. The quantitative estimate of drug-likeness (QED) is 0.691. The maximum atomic E-state index is 11.3. The van der Waals surface area contributed by atoms with E-state index < -0.39 is 0 Å². The fourth-order valence-corrected chi connectivity index (χ4v) is 3.09. The van der Waals surface area contributed by atoms with Crippen LogP contribution in [0.4, 0.5) is 5.13 Å². The van der Waals surface area contributed by atoms with Crippen molar-refractivity contribution in [1.82, 2.24) is 9.97 Å². The van der Waals surface area contributed by atoms with Gasteiger partial charge < -0.3 is 11.1 Å². The van der Waals surface area contributed by atoms with Crippen molar-refractivity contribution in [2.24, 2.45) is 5.73 Å². The lowest BCUT2D eigenvalue weighted by atomic mass is 10.0. The predicted octanol–water partition coefficient (Wildman–Crippen LogP) is 3.91. The number of benzene rings is 1. The van der Waals surface area contributed by atoms with Crippen LogP contribution in [0, 0.1) is 0 Å². The molecule has 0 saturated carbocycles. The van der Waals surface area contributed by atoms with Crippen LogP contribution in [0.2, 0.25) is 0 Å². The van der Waals surface area contributed by atoms with Gasteiger partial charge in [0.1, 0.15) is 0 Å². The standard InChI is InChI=1S/C18H18N4OS.C2H6/c19-11-17(23)22-18-21-16(12-24-18)15-3-1-2-14(10-15)5-4-13-6-8-20-9-7-13;1-2/h1-3,6-10,12H,4-5,11,19H2,(H,21,22,23);1-2H3. The molecule has 0 bridgehead atoms. The second-order valence-corrected chi connectivity index (χ2v) is 6.20. The van der Waals surface area contributed by atoms with E-state index in [0.29, 0.717) is 5.13 Å². The molecule has 3 rings (SSSR count). The minimum atomic E-state index is -0.234. The van der Waals surface area contributed by atoms with Crippen molar-refractivity contribution in [2.45, 2.75) is 26.7 Å². The van der Waals surface area contributed by atoms with E-state index >= 15 is 0 Å². The molecule has 0 aliphatic heterocycles. The molecule has 6 heteroatoms. The number of hydrogen-bond acceptors (Lipinski definition) is 5. The summed E-state index contributed by atoms with van der Waals surface area (Å²) in [6, 6.07) is 12.4. The first kappa shape index (κ1) is 19.8. The van der Waals surface area contributed by atoms with Crippen molar-refractivity contribution in [1.29, 1.82) is 0 Å². The summed E-state index contributed by atoms with van der Waals surface area (Å²) in [4.78, 5) is 19.8. The number of nitrogens with one attached hydrogen (secondary N) is 1. The highest BCUT2D eigenvalue weighted by molar-refractivity contribution is 7.14. The van der Waals surface area contributed by atoms with Gasteiger partial charge in [-0.15, -0.1) is 11.3 Å². The van der Waals surface area contributed by atoms with Crippen molar-refractivity contribution in [2.75, 3.05) is 11.9 Å². The highest BCUT2D eigenvalue weighted by Crippen LogP contribution is 2.25. The summed E-state index contributed by atoms with van der Waals surface area (Å²) in [6.07, 6.45) is 5.57. The number of pyridine rings is 1. The van der Waals surface area contributed by atoms with Crippen molar-refractivity contribution >= 4 is 22.4 Å². The molecular formula is C20H24N4OS. The van der Waals surface area contributed by atoms with Gasteiger partial charge in [0.15, 0.2) is 5.13 Å². The smallest absolute Gasteiger partial charge is 0.239 e. The van der Waals surface area contributed by atoms with Crippen LogP contribution in [0.3, 0.4) is 0 Å². The van der Waals surface area contributed by atoms with Crippen molar-refractivity contribution in [3.63, 3.8) is 0 Å². The van der Waals surface area contributed by atoms with Crippen molar-refractivity contribution in [3.8, 4) is 11.3 Å². The third kappa shape index (κ3) is 5.75. The lowest BCUT2D eigenvalue weighted by Gasteiger charge is -2.04. The minimum absolute atomic E-state index is 0.0423. The monoisotopic (exact) mass is 368 g/mol. The Balaban J connectivity index is 0.00000117. The van der Waals surface area contributed by atoms with E-state index in [1.54, 1.807) is 0 Å². The summed E-state index contributed by atoms with van der Waals surface area (Å²) in [5, 5.41) is 5.19. The number of thiazole rings is 1. The molecule has 2 heterocycles. The van der Waals surface area contributed by atoms with E-state index in [-0.39, 0.29) is 12.5 Å². The Labute approximate surface area is 158 Å². The molecule has 1 amide bonds. The highest BCUT2D eigenvalue weighted by Gasteiger charge is 2.07. The summed E-state index contributed by atoms with van der Waals surface area (Å²) in [6.45, 7) is 3.96. The number of carbonyl (C=O) groups is 1. The summed E-state index contributed by atoms with van der Waals surface area (Å²) in [5.41, 5.74) is 9.74. The molecule has 5 nitrogen and oxygen atoms in total. The Morgan fingerprint density at radius 2 is 1.85 bits per heavy atom. The van der Waals surface area contributed by atoms with Crippen LogP contribution in [-0.2, 0) is 17.6 Å². The van der Waals surface area contributed by atoms with Gasteiger partial charge in [-0.3, -0.25) is 9.78 Å². The first-order chi connectivity index (χ1) is 12.7. The van der Waals surface area contributed by atoms with Gasteiger partial charge in [0.2, 0.25) is 5.91 Å². The molecule has 0 spiro atoms. The predicted molar refractivity (Wildman–Crippen MR) is 108 cm³/mol. The molecule has 3 aromatic rings. The van der Waals surface area contributed by atoms with Crippen molar-refractivity contribution < 1.29 is 4.79 Å². The Hall–Kier alpha value is -2.57. The third-order valence-electron chi connectivity index (χ3n) is 3.61. The summed E-state index contributed by atoms with van der Waals surface area (Å²) in [5.74, 6) is -0.234. The van der Waals surface area contributed by atoms with Gasteiger partial charge in [-0.05, 0) is 42.2 Å². The molecular weight excluding hydrogens is 344 g/mol. The maximum Gasteiger partial charge on any atom is 0.239 e. The number of amides is 1. The molecule has 0 aliphatic rings. The maximum absolute atomic E-state index is 11.3. The lowest BCUT2D eigenvalue weighted by molar-refractivity contribution is -0.114. The molecule has 26 heavy (non-hydrogen) atoms. The van der Waals surface area contributed by atoms with Gasteiger partial charge in [0.25, 0.3) is 0 Å². The van der Waals surface area contributed by atoms with Crippen LogP contribution in [0.25, 0.3) is 11.3 Å². The highest BCUT2D eigenvalue weighted by atomic mass is 32.1. The van der Waals surface area contributed by atoms with Crippen LogP contribution in [0.15, 0.2) is 54.2 Å². The fraction of sp³-hybridized carbons (Fsp3) is 0.250. The zero-order valence-electron chi connectivity index (χ0n) is 15.1. The minimum Gasteiger partial charge on any atom is -0.322 e. The molecule has 1 aromatic carbocycles. The number of carbonyl (C=O) groups excluding carboxylic acids is 1. The topological polar surface area (TPSA) is 80.9 Å². The van der Waals surface area contributed by atoms with Crippen molar-refractivity contribution in [3.05, 3.63) is 65.3 Å². The number of nitrogens with zero attached hydrogens (tertiary/aromatic N) is 2.